The zero-order chi connectivity index (χ0) is 14.9. The first-order valence-corrected chi connectivity index (χ1v) is 7.97. The van der Waals surface area contributed by atoms with E-state index in [1.54, 1.807) is 6.07 Å². The van der Waals surface area contributed by atoms with Gasteiger partial charge in [0.15, 0.2) is 0 Å². The fourth-order valence-corrected chi connectivity index (χ4v) is 2.90. The number of hydrogen-bond donors (Lipinski definition) is 3. The van der Waals surface area contributed by atoms with Crippen LogP contribution in [0.1, 0.15) is 20.3 Å². The van der Waals surface area contributed by atoms with E-state index < -0.39 is 10.0 Å². The molecular weight excluding hydrogens is 278 g/mol. The molecule has 1 unspecified atom stereocenters. The van der Waals surface area contributed by atoms with Crippen LogP contribution in [0.15, 0.2) is 23.1 Å². The molecule has 3 N–H and O–H groups in total. The molecule has 1 aliphatic heterocycles. The molecule has 110 valence electrons. The number of carbonyl (C=O) groups excluding carboxylic acids is 1. The average molecular weight is 297 g/mol. The third-order valence-corrected chi connectivity index (χ3v) is 4.59. The monoisotopic (exact) mass is 297 g/mol. The lowest BCUT2D eigenvalue weighted by atomic mass is 10.0. The van der Waals surface area contributed by atoms with Crippen molar-refractivity contribution in [3.05, 3.63) is 18.2 Å². The van der Waals surface area contributed by atoms with Crippen LogP contribution in [0.5, 0.6) is 0 Å². The summed E-state index contributed by atoms with van der Waals surface area (Å²) in [7, 11) is -2.16. The van der Waals surface area contributed by atoms with Crippen LogP contribution in [-0.2, 0) is 14.8 Å². The van der Waals surface area contributed by atoms with Crippen molar-refractivity contribution in [1.82, 2.24) is 4.72 Å². The Bertz CT molecular complexity index is 626. The first-order valence-electron chi connectivity index (χ1n) is 6.48. The number of sulfonamides is 1. The first-order chi connectivity index (χ1) is 9.33. The van der Waals surface area contributed by atoms with Gasteiger partial charge in [-0.05, 0) is 37.6 Å². The molecule has 7 heteroatoms. The summed E-state index contributed by atoms with van der Waals surface area (Å²) in [6.45, 7) is 4.10. The van der Waals surface area contributed by atoms with Crippen molar-refractivity contribution in [2.75, 3.05) is 17.7 Å². The number of hydrogen-bond acceptors (Lipinski definition) is 4. The van der Waals surface area contributed by atoms with Crippen LogP contribution in [0.2, 0.25) is 0 Å². The maximum atomic E-state index is 12.0. The van der Waals surface area contributed by atoms with Gasteiger partial charge < -0.3 is 10.6 Å². The summed E-state index contributed by atoms with van der Waals surface area (Å²) in [5.41, 5.74) is 1.23. The highest BCUT2D eigenvalue weighted by molar-refractivity contribution is 7.89. The van der Waals surface area contributed by atoms with E-state index in [9.17, 15) is 13.2 Å². The van der Waals surface area contributed by atoms with E-state index >= 15 is 0 Å². The number of benzene rings is 1. The Kier molecular flexibility index (Phi) is 4.01. The normalized spacial score (nSPS) is 18.4. The van der Waals surface area contributed by atoms with Crippen molar-refractivity contribution in [3.8, 4) is 0 Å². The van der Waals surface area contributed by atoms with Gasteiger partial charge in [-0.25, -0.2) is 13.1 Å². The van der Waals surface area contributed by atoms with Gasteiger partial charge >= 0.3 is 0 Å². The molecule has 1 aliphatic rings. The van der Waals surface area contributed by atoms with E-state index in [-0.39, 0.29) is 16.8 Å². The van der Waals surface area contributed by atoms with E-state index in [0.717, 1.165) is 12.1 Å². The van der Waals surface area contributed by atoms with Gasteiger partial charge in [-0.1, -0.05) is 13.8 Å². The Hall–Kier alpha value is -1.60. The molecule has 0 bridgehead atoms. The maximum absolute atomic E-state index is 12.0. The number of nitrogens with one attached hydrogen (secondary N) is 3. The van der Waals surface area contributed by atoms with E-state index in [0.29, 0.717) is 11.6 Å². The molecule has 20 heavy (non-hydrogen) atoms. The van der Waals surface area contributed by atoms with E-state index in [1.165, 1.54) is 19.2 Å². The van der Waals surface area contributed by atoms with Gasteiger partial charge in [0.05, 0.1) is 16.3 Å². The number of rotatable bonds is 4. The average Bonchev–Trinajstić information content (AvgIpc) is 2.38. The third-order valence-electron chi connectivity index (χ3n) is 3.18. The molecule has 1 atom stereocenters. The van der Waals surface area contributed by atoms with Gasteiger partial charge in [-0.2, -0.15) is 0 Å². The molecule has 0 spiro atoms. The molecule has 1 aromatic carbocycles. The maximum Gasteiger partial charge on any atom is 0.246 e. The van der Waals surface area contributed by atoms with Crippen molar-refractivity contribution < 1.29 is 13.2 Å². The number of fused-ring (bicyclic) bond motifs is 1. The van der Waals surface area contributed by atoms with E-state index in [1.807, 2.05) is 13.8 Å². The lowest BCUT2D eigenvalue weighted by Crippen LogP contribution is -2.39. The first kappa shape index (κ1) is 14.8. The minimum absolute atomic E-state index is 0.128. The highest BCUT2D eigenvalue weighted by Gasteiger charge is 2.27. The molecule has 1 heterocycles. The Balaban J connectivity index is 2.31. The van der Waals surface area contributed by atoms with E-state index in [4.69, 9.17) is 0 Å². The van der Waals surface area contributed by atoms with Gasteiger partial charge in [0.2, 0.25) is 15.9 Å². The van der Waals surface area contributed by atoms with Crippen molar-refractivity contribution in [2.45, 2.75) is 31.2 Å². The molecule has 1 amide bonds. The SMILES string of the molecule is CNS(=O)(=O)c1ccc2c(c1)NC(=O)C(CC(C)C)N2. The second-order valence-corrected chi connectivity index (χ2v) is 7.12. The molecular formula is C13H19N3O3S. The number of anilines is 2. The van der Waals surface area contributed by atoms with Crippen molar-refractivity contribution >= 4 is 27.3 Å². The fraction of sp³-hybridized carbons (Fsp3) is 0.462. The molecule has 0 radical (unpaired) electrons. The quantitative estimate of drug-likeness (QED) is 0.783. The summed E-state index contributed by atoms with van der Waals surface area (Å²) < 4.78 is 25.7. The van der Waals surface area contributed by atoms with Crippen molar-refractivity contribution in [2.24, 2.45) is 5.92 Å². The lowest BCUT2D eigenvalue weighted by molar-refractivity contribution is -0.117. The topological polar surface area (TPSA) is 87.3 Å². The smallest absolute Gasteiger partial charge is 0.246 e. The molecule has 0 fully saturated rings. The lowest BCUT2D eigenvalue weighted by Gasteiger charge is -2.28. The Morgan fingerprint density at radius 2 is 2.00 bits per heavy atom. The summed E-state index contributed by atoms with van der Waals surface area (Å²) in [5, 5.41) is 5.91. The van der Waals surface area contributed by atoms with Crippen LogP contribution in [0, 0.1) is 5.92 Å². The van der Waals surface area contributed by atoms with Crippen LogP contribution < -0.4 is 15.4 Å². The van der Waals surface area contributed by atoms with E-state index in [2.05, 4.69) is 15.4 Å². The predicted molar refractivity (Wildman–Crippen MR) is 78.2 cm³/mol. The molecule has 0 aromatic heterocycles. The minimum Gasteiger partial charge on any atom is -0.372 e. The van der Waals surface area contributed by atoms with Crippen LogP contribution >= 0.6 is 0 Å². The van der Waals surface area contributed by atoms with Crippen molar-refractivity contribution in [3.63, 3.8) is 0 Å². The Labute approximate surface area is 119 Å². The van der Waals surface area contributed by atoms with Crippen molar-refractivity contribution in [1.29, 1.82) is 0 Å². The summed E-state index contributed by atoms with van der Waals surface area (Å²) in [6.07, 6.45) is 0.724. The zero-order valence-corrected chi connectivity index (χ0v) is 12.5. The minimum atomic E-state index is -3.51. The van der Waals surface area contributed by atoms with Crippen LogP contribution in [-0.4, -0.2) is 27.4 Å². The Morgan fingerprint density at radius 3 is 2.60 bits per heavy atom. The molecule has 6 nitrogen and oxygen atoms in total. The summed E-state index contributed by atoms with van der Waals surface area (Å²) in [6, 6.07) is 4.36. The zero-order valence-electron chi connectivity index (χ0n) is 11.7. The highest BCUT2D eigenvalue weighted by Crippen LogP contribution is 2.30. The van der Waals surface area contributed by atoms with Gasteiger partial charge in [0.1, 0.15) is 6.04 Å². The van der Waals surface area contributed by atoms with Crippen LogP contribution in [0.25, 0.3) is 0 Å². The standard InChI is InChI=1S/C13H19N3O3S/c1-8(2)6-12-13(17)16-11-7-9(20(18,19)14-3)4-5-10(11)15-12/h4-5,7-8,12,14-15H,6H2,1-3H3,(H,16,17). The van der Waals surface area contributed by atoms with Gasteiger partial charge in [-0.3, -0.25) is 4.79 Å². The second-order valence-electron chi connectivity index (χ2n) is 5.23. The third kappa shape index (κ3) is 2.94. The van der Waals surface area contributed by atoms with Gasteiger partial charge in [0, 0.05) is 0 Å². The fourth-order valence-electron chi connectivity index (χ4n) is 2.15. The summed E-state index contributed by atoms with van der Waals surface area (Å²) in [4.78, 5) is 12.1. The predicted octanol–water partition coefficient (Wildman–Crippen LogP) is 1.37. The molecule has 0 saturated carbocycles. The molecule has 1 aromatic rings. The number of amides is 1. The Morgan fingerprint density at radius 1 is 1.30 bits per heavy atom. The largest absolute Gasteiger partial charge is 0.372 e. The summed E-state index contributed by atoms with van der Waals surface area (Å²) >= 11 is 0. The molecule has 0 saturated heterocycles. The number of carbonyl (C=O) groups is 1. The second kappa shape index (κ2) is 5.41. The highest BCUT2D eigenvalue weighted by atomic mass is 32.2. The van der Waals surface area contributed by atoms with Gasteiger partial charge in [-0.15, -0.1) is 0 Å². The van der Waals surface area contributed by atoms with Crippen LogP contribution in [0.4, 0.5) is 11.4 Å². The summed E-state index contributed by atoms with van der Waals surface area (Å²) in [5.74, 6) is 0.258. The van der Waals surface area contributed by atoms with Crippen LogP contribution in [0.3, 0.4) is 0 Å². The molecule has 2 rings (SSSR count). The molecule has 0 aliphatic carbocycles. The van der Waals surface area contributed by atoms with Gasteiger partial charge in [0.25, 0.3) is 0 Å².